The molecule has 0 aliphatic carbocycles. The number of hydrogen-bond donors (Lipinski definition) is 0. The molecule has 1 rings (SSSR count). The molecule has 0 bridgehead atoms. The van der Waals surface area contributed by atoms with Gasteiger partial charge in [-0.05, 0) is 30.0 Å². The number of unbranched alkanes of at least 4 members (excludes halogenated alkanes) is 15. The molecule has 0 fully saturated rings. The fourth-order valence-corrected chi connectivity index (χ4v) is 4.85. The predicted octanol–water partition coefficient (Wildman–Crippen LogP) is 8.78. The Morgan fingerprint density at radius 1 is 0.645 bits per heavy atom. The zero-order valence-electron chi connectivity index (χ0n) is 20.5. The van der Waals surface area contributed by atoms with Gasteiger partial charge >= 0.3 is 0 Å². The van der Waals surface area contributed by atoms with Crippen molar-refractivity contribution >= 4 is 10.1 Å². The van der Waals surface area contributed by atoms with Gasteiger partial charge in [-0.2, -0.15) is 8.42 Å². The first-order valence-electron chi connectivity index (χ1n) is 13.0. The first-order valence-corrected chi connectivity index (χ1v) is 14.4. The Morgan fingerprint density at radius 2 is 1.03 bits per heavy atom. The van der Waals surface area contributed by atoms with Crippen LogP contribution in [0.15, 0.2) is 29.2 Å². The molecule has 180 valence electrons. The molecule has 0 radical (unpaired) electrons. The standard InChI is InChI=1S/C27H48O3S/c1-4-5-6-7-8-9-10-11-12-13-14-15-16-17-18-19-24-30-31(28,29)27-22-20-26(21-23-27)25(2)3/h20-23,25H,4-19,24H2,1-3H3. The fourth-order valence-electron chi connectivity index (χ4n) is 3.91. The summed E-state index contributed by atoms with van der Waals surface area (Å²) in [6.45, 7) is 6.75. The topological polar surface area (TPSA) is 43.4 Å². The van der Waals surface area contributed by atoms with Gasteiger partial charge < -0.3 is 0 Å². The Balaban J connectivity index is 1.93. The lowest BCUT2D eigenvalue weighted by molar-refractivity contribution is 0.306. The molecule has 3 nitrogen and oxygen atoms in total. The van der Waals surface area contributed by atoms with Gasteiger partial charge in [0.2, 0.25) is 0 Å². The highest BCUT2D eigenvalue weighted by Crippen LogP contribution is 2.19. The van der Waals surface area contributed by atoms with Gasteiger partial charge in [0.25, 0.3) is 10.1 Å². The second kappa shape index (κ2) is 17.7. The molecule has 0 amide bonds. The summed E-state index contributed by atoms with van der Waals surface area (Å²) >= 11 is 0. The van der Waals surface area contributed by atoms with Crippen LogP contribution in [0.5, 0.6) is 0 Å². The SMILES string of the molecule is CCCCCCCCCCCCCCCCCCOS(=O)(=O)c1ccc(C(C)C)cc1. The van der Waals surface area contributed by atoms with Gasteiger partial charge in [-0.15, -0.1) is 0 Å². The molecule has 0 aliphatic rings. The van der Waals surface area contributed by atoms with E-state index in [4.69, 9.17) is 4.18 Å². The van der Waals surface area contributed by atoms with Crippen LogP contribution in [0.25, 0.3) is 0 Å². The summed E-state index contributed by atoms with van der Waals surface area (Å²) in [7, 11) is -3.62. The highest BCUT2D eigenvalue weighted by Gasteiger charge is 2.15. The second-order valence-electron chi connectivity index (χ2n) is 9.30. The molecule has 0 aromatic heterocycles. The van der Waals surface area contributed by atoms with Crippen molar-refractivity contribution in [1.82, 2.24) is 0 Å². The van der Waals surface area contributed by atoms with Crippen molar-refractivity contribution < 1.29 is 12.6 Å². The van der Waals surface area contributed by atoms with E-state index in [1.807, 2.05) is 12.1 Å². The van der Waals surface area contributed by atoms with Crippen LogP contribution in [-0.4, -0.2) is 15.0 Å². The Morgan fingerprint density at radius 3 is 1.42 bits per heavy atom. The van der Waals surface area contributed by atoms with Crippen molar-refractivity contribution in [2.24, 2.45) is 0 Å². The zero-order valence-corrected chi connectivity index (χ0v) is 21.4. The predicted molar refractivity (Wildman–Crippen MR) is 133 cm³/mol. The van der Waals surface area contributed by atoms with E-state index >= 15 is 0 Å². The third kappa shape index (κ3) is 14.0. The molecule has 0 spiro atoms. The van der Waals surface area contributed by atoms with E-state index in [0.29, 0.717) is 5.92 Å². The molecule has 0 saturated carbocycles. The van der Waals surface area contributed by atoms with E-state index in [1.54, 1.807) is 12.1 Å². The average molecular weight is 453 g/mol. The Kier molecular flexibility index (Phi) is 16.0. The quantitative estimate of drug-likeness (QED) is 0.147. The highest BCUT2D eigenvalue weighted by molar-refractivity contribution is 7.86. The van der Waals surface area contributed by atoms with E-state index in [0.717, 1.165) is 18.4 Å². The third-order valence-electron chi connectivity index (χ3n) is 6.07. The minimum atomic E-state index is -3.62. The molecule has 0 unspecified atom stereocenters. The van der Waals surface area contributed by atoms with Crippen LogP contribution in [0.1, 0.15) is 135 Å². The summed E-state index contributed by atoms with van der Waals surface area (Å²) < 4.78 is 29.7. The summed E-state index contributed by atoms with van der Waals surface area (Å²) in [6, 6.07) is 7.04. The van der Waals surface area contributed by atoms with Gasteiger partial charge in [-0.25, -0.2) is 0 Å². The number of hydrogen-bond acceptors (Lipinski definition) is 3. The first-order chi connectivity index (χ1) is 15.0. The van der Waals surface area contributed by atoms with E-state index in [1.165, 1.54) is 89.9 Å². The highest BCUT2D eigenvalue weighted by atomic mass is 32.2. The minimum absolute atomic E-state index is 0.258. The summed E-state index contributed by atoms with van der Waals surface area (Å²) in [5, 5.41) is 0. The molecule has 1 aromatic rings. The normalized spacial score (nSPS) is 12.0. The lowest BCUT2D eigenvalue weighted by Crippen LogP contribution is -2.08. The monoisotopic (exact) mass is 452 g/mol. The third-order valence-corrected chi connectivity index (χ3v) is 7.40. The van der Waals surface area contributed by atoms with Gasteiger partial charge in [-0.1, -0.05) is 129 Å². The lowest BCUT2D eigenvalue weighted by atomic mass is 10.0. The zero-order chi connectivity index (χ0) is 22.8. The van der Waals surface area contributed by atoms with Crippen LogP contribution in [0.4, 0.5) is 0 Å². The Bertz CT molecular complexity index is 635. The van der Waals surface area contributed by atoms with Crippen molar-refractivity contribution in [3.8, 4) is 0 Å². The van der Waals surface area contributed by atoms with Crippen LogP contribution < -0.4 is 0 Å². The molecular weight excluding hydrogens is 404 g/mol. The number of rotatable bonds is 20. The fraction of sp³-hybridized carbons (Fsp3) is 0.778. The minimum Gasteiger partial charge on any atom is -0.266 e. The molecule has 31 heavy (non-hydrogen) atoms. The average Bonchev–Trinajstić information content (AvgIpc) is 2.76. The van der Waals surface area contributed by atoms with Gasteiger partial charge in [0.15, 0.2) is 0 Å². The van der Waals surface area contributed by atoms with Crippen molar-refractivity contribution in [1.29, 1.82) is 0 Å². The summed E-state index contributed by atoms with van der Waals surface area (Å²) in [4.78, 5) is 0.258. The van der Waals surface area contributed by atoms with Crippen LogP contribution in [0, 0.1) is 0 Å². The van der Waals surface area contributed by atoms with Crippen LogP contribution >= 0.6 is 0 Å². The van der Waals surface area contributed by atoms with Crippen LogP contribution in [0.2, 0.25) is 0 Å². The molecule has 0 atom stereocenters. The maximum atomic E-state index is 12.3. The van der Waals surface area contributed by atoms with Gasteiger partial charge in [-0.3, -0.25) is 4.18 Å². The second-order valence-corrected chi connectivity index (χ2v) is 10.9. The van der Waals surface area contributed by atoms with E-state index in [-0.39, 0.29) is 11.5 Å². The number of benzene rings is 1. The van der Waals surface area contributed by atoms with Crippen molar-refractivity contribution in [3.63, 3.8) is 0 Å². The molecule has 1 aromatic carbocycles. The summed E-state index contributed by atoms with van der Waals surface area (Å²) in [5.74, 6) is 0.391. The van der Waals surface area contributed by atoms with Gasteiger partial charge in [0.05, 0.1) is 11.5 Å². The van der Waals surface area contributed by atoms with Crippen molar-refractivity contribution in [3.05, 3.63) is 29.8 Å². The molecule has 0 N–H and O–H groups in total. The van der Waals surface area contributed by atoms with E-state index in [9.17, 15) is 8.42 Å². The van der Waals surface area contributed by atoms with Crippen molar-refractivity contribution in [2.75, 3.05) is 6.61 Å². The van der Waals surface area contributed by atoms with Crippen LogP contribution in [0.3, 0.4) is 0 Å². The van der Waals surface area contributed by atoms with E-state index < -0.39 is 10.1 Å². The molecule has 4 heteroatoms. The van der Waals surface area contributed by atoms with Gasteiger partial charge in [0, 0.05) is 0 Å². The lowest BCUT2D eigenvalue weighted by Gasteiger charge is -2.08. The molecular formula is C27H48O3S. The maximum Gasteiger partial charge on any atom is 0.296 e. The maximum absolute atomic E-state index is 12.3. The summed E-state index contributed by atoms with van der Waals surface area (Å²) in [5.41, 5.74) is 1.14. The molecule has 0 aliphatic heterocycles. The van der Waals surface area contributed by atoms with Crippen molar-refractivity contribution in [2.45, 2.75) is 134 Å². The van der Waals surface area contributed by atoms with Gasteiger partial charge in [0.1, 0.15) is 0 Å². The Labute approximate surface area is 193 Å². The van der Waals surface area contributed by atoms with E-state index in [2.05, 4.69) is 20.8 Å². The molecule has 0 saturated heterocycles. The van der Waals surface area contributed by atoms with Crippen LogP contribution in [-0.2, 0) is 14.3 Å². The molecule has 0 heterocycles. The smallest absolute Gasteiger partial charge is 0.266 e. The first kappa shape index (κ1) is 28.2. The Hall–Kier alpha value is -0.870. The largest absolute Gasteiger partial charge is 0.296 e. The summed E-state index contributed by atoms with van der Waals surface area (Å²) in [6.07, 6.45) is 20.9.